The number of likely N-dealkylation sites (tertiary alicyclic amines) is 1. The van der Waals surface area contributed by atoms with Crippen LogP contribution in [0.1, 0.15) is 39.5 Å². The molecule has 1 fully saturated rings. The van der Waals surface area contributed by atoms with E-state index in [0.717, 1.165) is 39.0 Å². The highest BCUT2D eigenvalue weighted by atomic mass is 16.2. The Morgan fingerprint density at radius 2 is 1.72 bits per heavy atom. The van der Waals surface area contributed by atoms with E-state index in [0.29, 0.717) is 0 Å². The molecule has 1 aliphatic rings. The molecule has 0 aliphatic carbocycles. The Morgan fingerprint density at radius 1 is 1.17 bits per heavy atom. The van der Waals surface area contributed by atoms with Crippen LogP contribution in [0.2, 0.25) is 0 Å². The molecule has 0 unspecified atom stereocenters. The summed E-state index contributed by atoms with van der Waals surface area (Å²) in [4.78, 5) is 16.2. The van der Waals surface area contributed by atoms with Crippen LogP contribution in [0.4, 0.5) is 4.79 Å². The lowest BCUT2D eigenvalue weighted by atomic mass is 9.93. The highest BCUT2D eigenvalue weighted by molar-refractivity contribution is 5.74. The van der Waals surface area contributed by atoms with Crippen molar-refractivity contribution in [2.24, 2.45) is 5.41 Å². The Bertz CT molecular complexity index is 256. The number of hydrogen-bond acceptors (Lipinski definition) is 2. The van der Waals surface area contributed by atoms with E-state index in [-0.39, 0.29) is 11.4 Å². The molecule has 4 nitrogen and oxygen atoms in total. The van der Waals surface area contributed by atoms with Crippen molar-refractivity contribution in [3.8, 4) is 0 Å². The smallest absolute Gasteiger partial charge is 0.317 e. The predicted molar refractivity (Wildman–Crippen MR) is 75.8 cm³/mol. The summed E-state index contributed by atoms with van der Waals surface area (Å²) in [5.74, 6) is 0. The van der Waals surface area contributed by atoms with Crippen molar-refractivity contribution in [2.45, 2.75) is 39.5 Å². The van der Waals surface area contributed by atoms with Gasteiger partial charge in [-0.3, -0.25) is 0 Å². The van der Waals surface area contributed by atoms with Crippen LogP contribution >= 0.6 is 0 Å². The number of urea groups is 1. The summed E-state index contributed by atoms with van der Waals surface area (Å²) >= 11 is 0. The third-order valence-electron chi connectivity index (χ3n) is 3.36. The second-order valence-electron chi connectivity index (χ2n) is 6.46. The zero-order valence-corrected chi connectivity index (χ0v) is 12.5. The molecule has 0 spiro atoms. The normalized spacial score (nSPS) is 17.7. The number of carbonyl (C=O) groups excluding carboxylic acids is 1. The van der Waals surface area contributed by atoms with Crippen LogP contribution in [0.5, 0.6) is 0 Å². The van der Waals surface area contributed by atoms with Crippen molar-refractivity contribution >= 4 is 6.03 Å². The number of nitrogens with zero attached hydrogens (tertiary/aromatic N) is 2. The number of rotatable bonds is 4. The van der Waals surface area contributed by atoms with Crippen molar-refractivity contribution in [3.05, 3.63) is 0 Å². The van der Waals surface area contributed by atoms with Gasteiger partial charge < -0.3 is 15.1 Å². The van der Waals surface area contributed by atoms with Crippen LogP contribution < -0.4 is 5.32 Å². The average Bonchev–Trinajstić information content (AvgIpc) is 2.52. The minimum absolute atomic E-state index is 0.115. The van der Waals surface area contributed by atoms with Gasteiger partial charge >= 0.3 is 6.03 Å². The minimum Gasteiger partial charge on any atom is -0.337 e. The van der Waals surface area contributed by atoms with Gasteiger partial charge in [0.15, 0.2) is 0 Å². The van der Waals surface area contributed by atoms with Gasteiger partial charge in [0.1, 0.15) is 0 Å². The summed E-state index contributed by atoms with van der Waals surface area (Å²) in [7, 11) is 4.14. The lowest BCUT2D eigenvalue weighted by molar-refractivity contribution is 0.185. The Labute approximate surface area is 112 Å². The second kappa shape index (κ2) is 6.98. The van der Waals surface area contributed by atoms with Gasteiger partial charge in [-0.15, -0.1) is 0 Å². The fourth-order valence-electron chi connectivity index (χ4n) is 2.61. The molecule has 18 heavy (non-hydrogen) atoms. The second-order valence-corrected chi connectivity index (χ2v) is 6.46. The number of hydrogen-bond donors (Lipinski definition) is 1. The van der Waals surface area contributed by atoms with Crippen LogP contribution in [-0.4, -0.2) is 56.1 Å². The van der Waals surface area contributed by atoms with Crippen LogP contribution in [0.3, 0.4) is 0 Å². The molecule has 0 atom stereocenters. The molecular formula is C14H29N3O. The van der Waals surface area contributed by atoms with Gasteiger partial charge in [0.25, 0.3) is 0 Å². The standard InChI is InChI=1S/C14H29N3O/c1-14(2,12-16(3)4)11-15-13(18)17-9-7-5-6-8-10-17/h5-12H2,1-4H3,(H,15,18). The summed E-state index contributed by atoms with van der Waals surface area (Å²) in [6.07, 6.45) is 4.81. The molecular weight excluding hydrogens is 226 g/mol. The van der Waals surface area contributed by atoms with E-state index < -0.39 is 0 Å². The first kappa shape index (κ1) is 15.3. The molecule has 1 rings (SSSR count). The van der Waals surface area contributed by atoms with Gasteiger partial charge in [-0.25, -0.2) is 4.79 Å². The van der Waals surface area contributed by atoms with Crippen LogP contribution in [0.15, 0.2) is 0 Å². The molecule has 0 aromatic rings. The topological polar surface area (TPSA) is 35.6 Å². The fourth-order valence-corrected chi connectivity index (χ4v) is 2.61. The fraction of sp³-hybridized carbons (Fsp3) is 0.929. The van der Waals surface area contributed by atoms with E-state index in [1.165, 1.54) is 12.8 Å². The maximum atomic E-state index is 12.1. The largest absolute Gasteiger partial charge is 0.337 e. The quantitative estimate of drug-likeness (QED) is 0.835. The minimum atomic E-state index is 0.115. The number of carbonyl (C=O) groups is 1. The number of amides is 2. The van der Waals surface area contributed by atoms with Gasteiger partial charge in [-0.1, -0.05) is 26.7 Å². The van der Waals surface area contributed by atoms with Gasteiger partial charge in [0.2, 0.25) is 0 Å². The zero-order chi connectivity index (χ0) is 13.6. The monoisotopic (exact) mass is 255 g/mol. The molecule has 1 N–H and O–H groups in total. The van der Waals surface area contributed by atoms with E-state index in [4.69, 9.17) is 0 Å². The molecule has 0 aromatic carbocycles. The van der Waals surface area contributed by atoms with Crippen molar-refractivity contribution < 1.29 is 4.79 Å². The van der Waals surface area contributed by atoms with Crippen LogP contribution in [0, 0.1) is 5.41 Å². The van der Waals surface area contributed by atoms with Crippen molar-refractivity contribution in [2.75, 3.05) is 40.3 Å². The van der Waals surface area contributed by atoms with E-state index in [1.54, 1.807) is 0 Å². The van der Waals surface area contributed by atoms with Crippen molar-refractivity contribution in [3.63, 3.8) is 0 Å². The molecule has 1 saturated heterocycles. The van der Waals surface area contributed by atoms with E-state index in [2.05, 4.69) is 38.2 Å². The van der Waals surface area contributed by atoms with E-state index in [9.17, 15) is 4.79 Å². The van der Waals surface area contributed by atoms with Crippen LogP contribution in [-0.2, 0) is 0 Å². The van der Waals surface area contributed by atoms with Gasteiger partial charge in [0, 0.05) is 26.2 Å². The van der Waals surface area contributed by atoms with Gasteiger partial charge in [0.05, 0.1) is 0 Å². The van der Waals surface area contributed by atoms with Gasteiger partial charge in [-0.05, 0) is 32.4 Å². The van der Waals surface area contributed by atoms with Crippen molar-refractivity contribution in [1.29, 1.82) is 0 Å². The van der Waals surface area contributed by atoms with Gasteiger partial charge in [-0.2, -0.15) is 0 Å². The average molecular weight is 255 g/mol. The molecule has 0 aromatic heterocycles. The summed E-state index contributed by atoms with van der Waals surface area (Å²) in [5.41, 5.74) is 0.116. The third-order valence-corrected chi connectivity index (χ3v) is 3.36. The summed E-state index contributed by atoms with van der Waals surface area (Å²) in [6.45, 7) is 7.93. The van der Waals surface area contributed by atoms with Crippen molar-refractivity contribution in [1.82, 2.24) is 15.1 Å². The first-order valence-corrected chi connectivity index (χ1v) is 7.08. The molecule has 1 aliphatic heterocycles. The molecule has 1 heterocycles. The highest BCUT2D eigenvalue weighted by Crippen LogP contribution is 2.15. The Morgan fingerprint density at radius 3 is 2.22 bits per heavy atom. The van der Waals surface area contributed by atoms with E-state index in [1.807, 2.05) is 4.90 Å². The first-order valence-electron chi connectivity index (χ1n) is 7.08. The maximum Gasteiger partial charge on any atom is 0.317 e. The highest BCUT2D eigenvalue weighted by Gasteiger charge is 2.22. The third kappa shape index (κ3) is 5.71. The predicted octanol–water partition coefficient (Wildman–Crippen LogP) is 2.16. The summed E-state index contributed by atoms with van der Waals surface area (Å²) in [6, 6.07) is 0.115. The molecule has 2 amide bonds. The SMILES string of the molecule is CN(C)CC(C)(C)CNC(=O)N1CCCCCC1. The Kier molecular flexibility index (Phi) is 5.93. The lowest BCUT2D eigenvalue weighted by Crippen LogP contribution is -2.46. The molecule has 0 saturated carbocycles. The first-order chi connectivity index (χ1) is 8.41. The Hall–Kier alpha value is -0.770. The maximum absolute atomic E-state index is 12.1. The molecule has 0 radical (unpaired) electrons. The zero-order valence-electron chi connectivity index (χ0n) is 12.5. The number of nitrogens with one attached hydrogen (secondary N) is 1. The molecule has 4 heteroatoms. The summed E-state index contributed by atoms with van der Waals surface area (Å²) < 4.78 is 0. The Balaban J connectivity index is 2.35. The summed E-state index contributed by atoms with van der Waals surface area (Å²) in [5, 5.41) is 3.09. The van der Waals surface area contributed by atoms with E-state index >= 15 is 0 Å². The lowest BCUT2D eigenvalue weighted by Gasteiger charge is -2.30. The van der Waals surface area contributed by atoms with Crippen LogP contribution in [0.25, 0.3) is 0 Å². The molecule has 0 bridgehead atoms. The molecule has 106 valence electrons.